The Kier molecular flexibility index (Phi) is 3.31. The fourth-order valence-electron chi connectivity index (χ4n) is 0.993. The van der Waals surface area contributed by atoms with Crippen LogP contribution in [0, 0.1) is 0 Å². The van der Waals surface area contributed by atoms with Crippen LogP contribution in [0.25, 0.3) is 6.08 Å². The summed E-state index contributed by atoms with van der Waals surface area (Å²) in [6, 6.07) is 2.00. The minimum absolute atomic E-state index is 0.334. The standard InChI is InChI=1S/C10H13NO2/c1-3-9-6-8(7-11-9)4-5-10(12)13-2/h4-7,11H,3H2,1-2H3/b5-4+. The number of aromatic nitrogens is 1. The zero-order valence-electron chi connectivity index (χ0n) is 7.83. The smallest absolute Gasteiger partial charge is 0.330 e. The molecule has 0 radical (unpaired) electrons. The van der Waals surface area contributed by atoms with Gasteiger partial charge in [0.1, 0.15) is 0 Å². The van der Waals surface area contributed by atoms with Gasteiger partial charge in [-0.3, -0.25) is 0 Å². The van der Waals surface area contributed by atoms with Gasteiger partial charge in [0.2, 0.25) is 0 Å². The van der Waals surface area contributed by atoms with Crippen LogP contribution in [0.15, 0.2) is 18.3 Å². The molecule has 13 heavy (non-hydrogen) atoms. The topological polar surface area (TPSA) is 42.1 Å². The molecular formula is C10H13NO2. The van der Waals surface area contributed by atoms with Crippen LogP contribution < -0.4 is 0 Å². The predicted molar refractivity (Wildman–Crippen MR) is 51.2 cm³/mol. The van der Waals surface area contributed by atoms with E-state index in [1.807, 2.05) is 12.3 Å². The number of nitrogens with one attached hydrogen (secondary N) is 1. The van der Waals surface area contributed by atoms with Crippen molar-refractivity contribution in [3.63, 3.8) is 0 Å². The number of esters is 1. The number of hydrogen-bond acceptors (Lipinski definition) is 2. The van der Waals surface area contributed by atoms with Crippen molar-refractivity contribution in [1.82, 2.24) is 4.98 Å². The van der Waals surface area contributed by atoms with Gasteiger partial charge in [-0.05, 0) is 24.1 Å². The van der Waals surface area contributed by atoms with E-state index in [2.05, 4.69) is 16.6 Å². The lowest BCUT2D eigenvalue weighted by Gasteiger charge is -1.87. The molecule has 3 nitrogen and oxygen atoms in total. The number of methoxy groups -OCH3 is 1. The van der Waals surface area contributed by atoms with E-state index in [1.54, 1.807) is 6.08 Å². The van der Waals surface area contributed by atoms with Crippen molar-refractivity contribution in [2.24, 2.45) is 0 Å². The van der Waals surface area contributed by atoms with Gasteiger partial charge in [-0.15, -0.1) is 0 Å². The van der Waals surface area contributed by atoms with Crippen LogP contribution in [-0.2, 0) is 16.0 Å². The van der Waals surface area contributed by atoms with Crippen LogP contribution in [0.3, 0.4) is 0 Å². The number of ether oxygens (including phenoxy) is 1. The molecule has 0 aliphatic carbocycles. The zero-order valence-corrected chi connectivity index (χ0v) is 7.83. The first-order valence-electron chi connectivity index (χ1n) is 4.19. The van der Waals surface area contributed by atoms with E-state index in [-0.39, 0.29) is 5.97 Å². The van der Waals surface area contributed by atoms with Crippen molar-refractivity contribution in [3.05, 3.63) is 29.6 Å². The fraction of sp³-hybridized carbons (Fsp3) is 0.300. The Morgan fingerprint density at radius 3 is 3.00 bits per heavy atom. The Bertz CT molecular complexity index is 312. The van der Waals surface area contributed by atoms with Crippen LogP contribution in [0.4, 0.5) is 0 Å². The van der Waals surface area contributed by atoms with E-state index in [0.29, 0.717) is 0 Å². The van der Waals surface area contributed by atoms with E-state index in [1.165, 1.54) is 13.2 Å². The van der Waals surface area contributed by atoms with E-state index in [4.69, 9.17) is 0 Å². The summed E-state index contributed by atoms with van der Waals surface area (Å²) >= 11 is 0. The fourth-order valence-corrected chi connectivity index (χ4v) is 0.993. The number of carbonyl (C=O) groups is 1. The average molecular weight is 179 g/mol. The molecule has 1 aromatic rings. The third-order valence-electron chi connectivity index (χ3n) is 1.76. The summed E-state index contributed by atoms with van der Waals surface area (Å²) in [6.07, 6.45) is 5.95. The largest absolute Gasteiger partial charge is 0.466 e. The van der Waals surface area contributed by atoms with Gasteiger partial charge in [0, 0.05) is 18.0 Å². The highest BCUT2D eigenvalue weighted by molar-refractivity contribution is 5.86. The molecule has 1 rings (SSSR count). The van der Waals surface area contributed by atoms with Crippen molar-refractivity contribution in [3.8, 4) is 0 Å². The molecule has 0 aliphatic rings. The normalized spacial score (nSPS) is 10.6. The predicted octanol–water partition coefficient (Wildman–Crippen LogP) is 1.76. The molecule has 0 spiro atoms. The number of H-pyrrole nitrogens is 1. The van der Waals surface area contributed by atoms with E-state index in [0.717, 1.165) is 17.7 Å². The quantitative estimate of drug-likeness (QED) is 0.567. The summed E-state index contributed by atoms with van der Waals surface area (Å²) in [5.41, 5.74) is 2.15. The molecule has 70 valence electrons. The molecule has 0 aromatic carbocycles. The molecule has 0 fully saturated rings. The lowest BCUT2D eigenvalue weighted by molar-refractivity contribution is -0.134. The summed E-state index contributed by atoms with van der Waals surface area (Å²) in [4.78, 5) is 13.8. The number of aryl methyl sites for hydroxylation is 1. The van der Waals surface area contributed by atoms with Crippen LogP contribution in [-0.4, -0.2) is 18.1 Å². The Morgan fingerprint density at radius 1 is 1.69 bits per heavy atom. The lowest BCUT2D eigenvalue weighted by atomic mass is 10.2. The van der Waals surface area contributed by atoms with Gasteiger partial charge < -0.3 is 9.72 Å². The molecule has 1 heterocycles. The van der Waals surface area contributed by atoms with Crippen molar-refractivity contribution in [2.75, 3.05) is 7.11 Å². The van der Waals surface area contributed by atoms with Crippen LogP contribution >= 0.6 is 0 Å². The second-order valence-electron chi connectivity index (χ2n) is 2.67. The number of hydrogen-bond donors (Lipinski definition) is 1. The SMILES string of the molecule is CCc1cc(/C=C/C(=O)OC)c[nH]1. The summed E-state index contributed by atoms with van der Waals surface area (Å²) in [6.45, 7) is 2.07. The maximum atomic E-state index is 10.7. The van der Waals surface area contributed by atoms with Crippen molar-refractivity contribution in [1.29, 1.82) is 0 Å². The first-order chi connectivity index (χ1) is 6.26. The maximum Gasteiger partial charge on any atom is 0.330 e. The molecule has 0 saturated carbocycles. The Labute approximate surface area is 77.4 Å². The number of rotatable bonds is 3. The van der Waals surface area contributed by atoms with Gasteiger partial charge in [0.05, 0.1) is 7.11 Å². The minimum atomic E-state index is -0.334. The highest BCUT2D eigenvalue weighted by atomic mass is 16.5. The third-order valence-corrected chi connectivity index (χ3v) is 1.76. The Hall–Kier alpha value is -1.51. The molecule has 1 N–H and O–H groups in total. The molecule has 1 aromatic heterocycles. The van der Waals surface area contributed by atoms with Gasteiger partial charge in [0.15, 0.2) is 0 Å². The van der Waals surface area contributed by atoms with Crippen molar-refractivity contribution < 1.29 is 9.53 Å². The van der Waals surface area contributed by atoms with Gasteiger partial charge in [-0.1, -0.05) is 6.92 Å². The second kappa shape index (κ2) is 4.50. The summed E-state index contributed by atoms with van der Waals surface area (Å²) in [7, 11) is 1.36. The molecule has 0 bridgehead atoms. The third kappa shape index (κ3) is 2.78. The molecular weight excluding hydrogens is 166 g/mol. The summed E-state index contributed by atoms with van der Waals surface area (Å²) < 4.78 is 4.47. The Balaban J connectivity index is 2.63. The van der Waals surface area contributed by atoms with Gasteiger partial charge in [0.25, 0.3) is 0 Å². The molecule has 0 amide bonds. The lowest BCUT2D eigenvalue weighted by Crippen LogP contribution is -1.92. The highest BCUT2D eigenvalue weighted by Gasteiger charge is 1.94. The van der Waals surface area contributed by atoms with Crippen LogP contribution in [0.2, 0.25) is 0 Å². The highest BCUT2D eigenvalue weighted by Crippen LogP contribution is 2.05. The monoisotopic (exact) mass is 179 g/mol. The number of carbonyl (C=O) groups excluding carboxylic acids is 1. The summed E-state index contributed by atoms with van der Waals surface area (Å²) in [5, 5.41) is 0. The Morgan fingerprint density at radius 2 is 2.46 bits per heavy atom. The van der Waals surface area contributed by atoms with Crippen molar-refractivity contribution >= 4 is 12.0 Å². The number of aromatic amines is 1. The first kappa shape index (κ1) is 9.58. The van der Waals surface area contributed by atoms with Gasteiger partial charge in [-0.2, -0.15) is 0 Å². The van der Waals surface area contributed by atoms with Gasteiger partial charge in [-0.25, -0.2) is 4.79 Å². The molecule has 0 atom stereocenters. The van der Waals surface area contributed by atoms with E-state index >= 15 is 0 Å². The van der Waals surface area contributed by atoms with Crippen LogP contribution in [0.1, 0.15) is 18.2 Å². The van der Waals surface area contributed by atoms with E-state index < -0.39 is 0 Å². The molecule has 3 heteroatoms. The van der Waals surface area contributed by atoms with E-state index in [9.17, 15) is 4.79 Å². The first-order valence-corrected chi connectivity index (χ1v) is 4.19. The molecule has 0 aliphatic heterocycles. The van der Waals surface area contributed by atoms with Crippen molar-refractivity contribution in [2.45, 2.75) is 13.3 Å². The molecule has 0 unspecified atom stereocenters. The van der Waals surface area contributed by atoms with Crippen LogP contribution in [0.5, 0.6) is 0 Å². The molecule has 0 saturated heterocycles. The minimum Gasteiger partial charge on any atom is -0.466 e. The zero-order chi connectivity index (χ0) is 9.68. The maximum absolute atomic E-state index is 10.7. The summed E-state index contributed by atoms with van der Waals surface area (Å²) in [5.74, 6) is -0.334. The van der Waals surface area contributed by atoms with Gasteiger partial charge >= 0.3 is 5.97 Å². The second-order valence-corrected chi connectivity index (χ2v) is 2.67. The average Bonchev–Trinajstić information content (AvgIpc) is 2.61.